The van der Waals surface area contributed by atoms with Crippen LogP contribution in [0.15, 0.2) is 0 Å². The first-order valence-corrected chi connectivity index (χ1v) is 7.69. The van der Waals surface area contributed by atoms with Gasteiger partial charge in [-0.05, 0) is 31.2 Å². The Morgan fingerprint density at radius 1 is 1.17 bits per heavy atom. The Kier molecular flexibility index (Phi) is 7.33. The van der Waals surface area contributed by atoms with Gasteiger partial charge >= 0.3 is 0 Å². The highest BCUT2D eigenvalue weighted by Gasteiger charge is 2.32. The summed E-state index contributed by atoms with van der Waals surface area (Å²) in [4.78, 5) is 11.7. The lowest BCUT2D eigenvalue weighted by Crippen LogP contribution is -2.40. The van der Waals surface area contributed by atoms with Gasteiger partial charge in [0.15, 0.2) is 0 Å². The van der Waals surface area contributed by atoms with E-state index >= 15 is 0 Å². The highest BCUT2D eigenvalue weighted by atomic mass is 16.1. The maximum atomic E-state index is 11.7. The lowest BCUT2D eigenvalue weighted by atomic mass is 9.86. The zero-order valence-corrected chi connectivity index (χ0v) is 12.0. The van der Waals surface area contributed by atoms with Crippen LogP contribution in [0.2, 0.25) is 0 Å². The minimum absolute atomic E-state index is 0.206. The van der Waals surface area contributed by atoms with Crippen LogP contribution in [0.3, 0.4) is 0 Å². The van der Waals surface area contributed by atoms with Crippen molar-refractivity contribution in [3.63, 3.8) is 0 Å². The second-order valence-corrected chi connectivity index (χ2v) is 5.85. The Morgan fingerprint density at radius 3 is 2.44 bits per heavy atom. The van der Waals surface area contributed by atoms with Crippen molar-refractivity contribution in [3.05, 3.63) is 0 Å². The van der Waals surface area contributed by atoms with Crippen LogP contribution in [-0.4, -0.2) is 19.0 Å². The van der Waals surface area contributed by atoms with Crippen molar-refractivity contribution in [2.45, 2.75) is 71.1 Å². The minimum Gasteiger partial charge on any atom is -0.355 e. The van der Waals surface area contributed by atoms with Crippen molar-refractivity contribution in [2.24, 2.45) is 11.1 Å². The SMILES string of the molecule is CCCCCCCC(=O)NCC1(CN)CCCC1. The maximum Gasteiger partial charge on any atom is 0.220 e. The topological polar surface area (TPSA) is 55.1 Å². The number of amides is 1. The molecule has 0 aromatic rings. The molecule has 0 aromatic heterocycles. The lowest BCUT2D eigenvalue weighted by Gasteiger charge is -2.27. The maximum absolute atomic E-state index is 11.7. The molecule has 3 nitrogen and oxygen atoms in total. The van der Waals surface area contributed by atoms with Crippen LogP contribution in [0.25, 0.3) is 0 Å². The van der Waals surface area contributed by atoms with Crippen LogP contribution >= 0.6 is 0 Å². The number of nitrogens with two attached hydrogens (primary N) is 1. The number of carbonyl (C=O) groups is 1. The highest BCUT2D eigenvalue weighted by molar-refractivity contribution is 5.75. The van der Waals surface area contributed by atoms with Crippen molar-refractivity contribution in [2.75, 3.05) is 13.1 Å². The van der Waals surface area contributed by atoms with E-state index in [9.17, 15) is 4.79 Å². The van der Waals surface area contributed by atoms with Crippen molar-refractivity contribution in [3.8, 4) is 0 Å². The monoisotopic (exact) mass is 254 g/mol. The van der Waals surface area contributed by atoms with Crippen LogP contribution in [-0.2, 0) is 4.79 Å². The first kappa shape index (κ1) is 15.5. The molecule has 0 radical (unpaired) electrons. The third-order valence-electron chi connectivity index (χ3n) is 4.27. The Bertz CT molecular complexity index is 235. The Balaban J connectivity index is 2.09. The molecule has 1 rings (SSSR count). The van der Waals surface area contributed by atoms with E-state index in [0.29, 0.717) is 13.0 Å². The summed E-state index contributed by atoms with van der Waals surface area (Å²) in [5.74, 6) is 0.214. The number of hydrogen-bond acceptors (Lipinski definition) is 2. The van der Waals surface area contributed by atoms with E-state index in [4.69, 9.17) is 5.73 Å². The molecule has 0 heterocycles. The molecule has 18 heavy (non-hydrogen) atoms. The molecule has 1 aliphatic carbocycles. The van der Waals surface area contributed by atoms with Crippen molar-refractivity contribution >= 4 is 5.91 Å². The van der Waals surface area contributed by atoms with Crippen molar-refractivity contribution < 1.29 is 4.79 Å². The van der Waals surface area contributed by atoms with E-state index in [0.717, 1.165) is 13.0 Å². The average molecular weight is 254 g/mol. The van der Waals surface area contributed by atoms with Gasteiger partial charge in [-0.25, -0.2) is 0 Å². The van der Waals surface area contributed by atoms with E-state index in [1.165, 1.54) is 51.4 Å². The first-order chi connectivity index (χ1) is 8.72. The van der Waals surface area contributed by atoms with Gasteiger partial charge in [-0.3, -0.25) is 4.79 Å². The molecule has 1 amide bonds. The predicted octanol–water partition coefficient (Wildman–Crippen LogP) is 2.98. The summed E-state index contributed by atoms with van der Waals surface area (Å²) < 4.78 is 0. The molecule has 1 saturated carbocycles. The number of unbranched alkanes of at least 4 members (excludes halogenated alkanes) is 4. The molecular weight excluding hydrogens is 224 g/mol. The van der Waals surface area contributed by atoms with E-state index in [2.05, 4.69) is 12.2 Å². The molecule has 106 valence electrons. The van der Waals surface area contributed by atoms with Gasteiger partial charge in [0.25, 0.3) is 0 Å². The average Bonchev–Trinajstić information content (AvgIpc) is 2.86. The molecule has 3 heteroatoms. The molecule has 0 aliphatic heterocycles. The summed E-state index contributed by atoms with van der Waals surface area (Å²) in [5.41, 5.74) is 6.06. The number of hydrogen-bond donors (Lipinski definition) is 2. The standard InChI is InChI=1S/C15H30N2O/c1-2-3-4-5-6-9-14(18)17-13-15(12-16)10-7-8-11-15/h2-13,16H2,1H3,(H,17,18). The lowest BCUT2D eigenvalue weighted by molar-refractivity contribution is -0.121. The summed E-state index contributed by atoms with van der Waals surface area (Å²) in [5, 5.41) is 3.09. The van der Waals surface area contributed by atoms with E-state index in [1.54, 1.807) is 0 Å². The fourth-order valence-electron chi connectivity index (χ4n) is 2.84. The molecule has 0 bridgehead atoms. The van der Waals surface area contributed by atoms with Crippen LogP contribution in [0.1, 0.15) is 71.1 Å². The summed E-state index contributed by atoms with van der Waals surface area (Å²) in [6.45, 7) is 3.71. The van der Waals surface area contributed by atoms with E-state index in [-0.39, 0.29) is 11.3 Å². The van der Waals surface area contributed by atoms with Crippen LogP contribution in [0.5, 0.6) is 0 Å². The predicted molar refractivity (Wildman–Crippen MR) is 76.3 cm³/mol. The highest BCUT2D eigenvalue weighted by Crippen LogP contribution is 2.36. The number of carbonyl (C=O) groups excluding carboxylic acids is 1. The smallest absolute Gasteiger partial charge is 0.220 e. The zero-order valence-electron chi connectivity index (χ0n) is 12.0. The molecule has 1 aliphatic rings. The fraction of sp³-hybridized carbons (Fsp3) is 0.933. The van der Waals surface area contributed by atoms with Crippen LogP contribution in [0, 0.1) is 5.41 Å². The summed E-state index contributed by atoms with van der Waals surface area (Å²) >= 11 is 0. The summed E-state index contributed by atoms with van der Waals surface area (Å²) in [7, 11) is 0. The Morgan fingerprint density at radius 2 is 1.83 bits per heavy atom. The number of nitrogens with one attached hydrogen (secondary N) is 1. The second-order valence-electron chi connectivity index (χ2n) is 5.85. The van der Waals surface area contributed by atoms with Crippen molar-refractivity contribution in [1.29, 1.82) is 0 Å². The molecule has 0 saturated heterocycles. The quantitative estimate of drug-likeness (QED) is 0.621. The van der Waals surface area contributed by atoms with Gasteiger partial charge in [0.2, 0.25) is 5.91 Å². The van der Waals surface area contributed by atoms with Gasteiger partial charge in [-0.2, -0.15) is 0 Å². The van der Waals surface area contributed by atoms with Crippen molar-refractivity contribution in [1.82, 2.24) is 5.32 Å². The molecule has 1 fully saturated rings. The van der Waals surface area contributed by atoms with Crippen LogP contribution < -0.4 is 11.1 Å². The Hall–Kier alpha value is -0.570. The second kappa shape index (κ2) is 8.52. The van der Waals surface area contributed by atoms with E-state index in [1.807, 2.05) is 0 Å². The third kappa shape index (κ3) is 5.38. The molecule has 0 spiro atoms. The van der Waals surface area contributed by atoms with Gasteiger partial charge in [-0.15, -0.1) is 0 Å². The molecule has 0 aromatic carbocycles. The minimum atomic E-state index is 0.206. The van der Waals surface area contributed by atoms with Gasteiger partial charge < -0.3 is 11.1 Å². The van der Waals surface area contributed by atoms with Gasteiger partial charge in [0.05, 0.1) is 0 Å². The first-order valence-electron chi connectivity index (χ1n) is 7.69. The molecular formula is C15H30N2O. The molecule has 3 N–H and O–H groups in total. The zero-order chi connectivity index (χ0) is 13.3. The van der Waals surface area contributed by atoms with Gasteiger partial charge in [0.1, 0.15) is 0 Å². The Labute approximate surface area is 112 Å². The third-order valence-corrected chi connectivity index (χ3v) is 4.27. The summed E-state index contributed by atoms with van der Waals surface area (Å²) in [6.07, 6.45) is 11.6. The van der Waals surface area contributed by atoms with Gasteiger partial charge in [-0.1, -0.05) is 45.4 Å². The number of rotatable bonds is 9. The molecule has 0 unspecified atom stereocenters. The fourth-order valence-corrected chi connectivity index (χ4v) is 2.84. The van der Waals surface area contributed by atoms with E-state index < -0.39 is 0 Å². The normalized spacial score (nSPS) is 17.9. The van der Waals surface area contributed by atoms with Gasteiger partial charge in [0, 0.05) is 13.0 Å². The summed E-state index contributed by atoms with van der Waals surface area (Å²) in [6, 6.07) is 0. The molecule has 0 atom stereocenters. The largest absolute Gasteiger partial charge is 0.355 e. The van der Waals surface area contributed by atoms with Crippen LogP contribution in [0.4, 0.5) is 0 Å².